The molecule has 2 N–H and O–H groups in total. The molecule has 1 fully saturated rings. The van der Waals surface area contributed by atoms with E-state index in [1.807, 2.05) is 65.0 Å². The molecule has 4 rings (SSSR count). The van der Waals surface area contributed by atoms with E-state index in [1.54, 1.807) is 6.20 Å². The van der Waals surface area contributed by atoms with Gasteiger partial charge in [-0.15, -0.1) is 0 Å². The number of nitrogens with two attached hydrogens (primary N) is 1. The topological polar surface area (TPSA) is 41.6 Å². The van der Waals surface area contributed by atoms with Crippen LogP contribution in [0.2, 0.25) is 0 Å². The summed E-state index contributed by atoms with van der Waals surface area (Å²) in [4.78, 5) is 6.84. The maximum absolute atomic E-state index is 5.88. The largest absolute Gasteiger partial charge is 0.375 e. The van der Waals surface area contributed by atoms with Gasteiger partial charge in [-0.25, -0.2) is 0 Å². The van der Waals surface area contributed by atoms with E-state index in [2.05, 4.69) is 78.9 Å². The Morgan fingerprint density at radius 3 is 2.17 bits per heavy atom. The van der Waals surface area contributed by atoms with Gasteiger partial charge in [-0.3, -0.25) is 4.99 Å². The fraction of sp³-hybridized carbons (Fsp3) is 0.364. The molecule has 0 bridgehead atoms. The molecule has 194 valence electrons. The van der Waals surface area contributed by atoms with Gasteiger partial charge < -0.3 is 10.6 Å². The average Bonchev–Trinajstić information content (AvgIpc) is 3.37. The van der Waals surface area contributed by atoms with Crippen LogP contribution in [-0.4, -0.2) is 23.7 Å². The van der Waals surface area contributed by atoms with Crippen LogP contribution in [0.1, 0.15) is 72.1 Å². The third kappa shape index (κ3) is 9.47. The van der Waals surface area contributed by atoms with Crippen molar-refractivity contribution >= 4 is 16.5 Å². The van der Waals surface area contributed by atoms with Gasteiger partial charge in [0.05, 0.1) is 5.71 Å². The first-order chi connectivity index (χ1) is 17.5. The zero-order valence-electron chi connectivity index (χ0n) is 23.5. The van der Waals surface area contributed by atoms with Crippen LogP contribution in [-0.2, 0) is 0 Å². The van der Waals surface area contributed by atoms with Crippen LogP contribution < -0.4 is 5.73 Å². The van der Waals surface area contributed by atoms with Crippen molar-refractivity contribution in [2.24, 2.45) is 16.6 Å². The van der Waals surface area contributed by atoms with Gasteiger partial charge in [-0.05, 0) is 48.6 Å². The van der Waals surface area contributed by atoms with Gasteiger partial charge in [0.25, 0.3) is 0 Å². The van der Waals surface area contributed by atoms with Crippen molar-refractivity contribution in [1.82, 2.24) is 4.90 Å². The Labute approximate surface area is 220 Å². The molecular weight excluding hydrogens is 438 g/mol. The first kappa shape index (κ1) is 30.9. The zero-order chi connectivity index (χ0) is 26.9. The van der Waals surface area contributed by atoms with Crippen LogP contribution in [0, 0.1) is 5.92 Å². The second-order valence-corrected chi connectivity index (χ2v) is 8.55. The van der Waals surface area contributed by atoms with E-state index in [-0.39, 0.29) is 6.04 Å². The molecule has 3 aromatic rings. The molecule has 1 heterocycles. The fourth-order valence-electron chi connectivity index (χ4n) is 4.09. The van der Waals surface area contributed by atoms with E-state index in [0.29, 0.717) is 0 Å². The molecule has 0 spiro atoms. The van der Waals surface area contributed by atoms with Gasteiger partial charge in [0.2, 0.25) is 0 Å². The number of nitrogens with zero attached hydrogens (tertiary/aromatic N) is 2. The molecule has 1 aliphatic heterocycles. The Morgan fingerprint density at radius 1 is 0.972 bits per heavy atom. The summed E-state index contributed by atoms with van der Waals surface area (Å²) in [6.45, 7) is 20.5. The molecule has 1 saturated heterocycles. The van der Waals surface area contributed by atoms with Crippen molar-refractivity contribution in [2.75, 3.05) is 13.1 Å². The van der Waals surface area contributed by atoms with Crippen LogP contribution in [0.25, 0.3) is 10.8 Å². The molecule has 0 saturated carbocycles. The van der Waals surface area contributed by atoms with Gasteiger partial charge in [0, 0.05) is 36.6 Å². The van der Waals surface area contributed by atoms with E-state index >= 15 is 0 Å². The van der Waals surface area contributed by atoms with E-state index in [9.17, 15) is 0 Å². The zero-order valence-corrected chi connectivity index (χ0v) is 23.5. The normalized spacial score (nSPS) is 16.0. The van der Waals surface area contributed by atoms with Crippen LogP contribution >= 0.6 is 0 Å². The summed E-state index contributed by atoms with van der Waals surface area (Å²) >= 11 is 0. The van der Waals surface area contributed by atoms with E-state index in [1.165, 1.54) is 28.5 Å². The molecule has 2 atom stereocenters. The van der Waals surface area contributed by atoms with Crippen LogP contribution in [0.4, 0.5) is 0 Å². The number of likely N-dealkylation sites (tertiary alicyclic amines) is 1. The molecule has 0 aromatic heterocycles. The van der Waals surface area contributed by atoms with Crippen molar-refractivity contribution in [2.45, 2.75) is 60.9 Å². The molecule has 0 amide bonds. The van der Waals surface area contributed by atoms with Gasteiger partial charge in [0.15, 0.2) is 0 Å². The minimum absolute atomic E-state index is 0.103. The third-order valence-electron chi connectivity index (χ3n) is 5.88. The first-order valence-corrected chi connectivity index (χ1v) is 13.4. The van der Waals surface area contributed by atoms with Crippen LogP contribution in [0.5, 0.6) is 0 Å². The fourth-order valence-corrected chi connectivity index (χ4v) is 4.09. The summed E-state index contributed by atoms with van der Waals surface area (Å²) in [7, 11) is 0. The Bertz CT molecular complexity index is 1080. The molecule has 0 radical (unpaired) electrons. The monoisotopic (exact) mass is 485 g/mol. The molecule has 3 nitrogen and oxygen atoms in total. The van der Waals surface area contributed by atoms with Crippen molar-refractivity contribution in [3.8, 4) is 0 Å². The summed E-state index contributed by atoms with van der Waals surface area (Å²) in [5.41, 5.74) is 10.5. The summed E-state index contributed by atoms with van der Waals surface area (Å²) in [6.07, 6.45) is 5.05. The standard InChI is InChI=1S/C17H22N2.C12H13N.2C2H6/c1-4-18-17(16-8-6-5-7-9-16)12-15(3)19-11-10-14(2)13-19;1-9(13)11-8-4-6-10-5-2-3-7-12(10)11;2*1-2/h4-9,12,14H,1,10-11,13H2,2-3H3;2-9H,13H2,1H3;2*1-2H3/b15-12+,18-17?;;;/t14-;9-;;/m01../s1. The Hall–Kier alpha value is -3.17. The lowest BCUT2D eigenvalue weighted by Crippen LogP contribution is -2.19. The molecule has 36 heavy (non-hydrogen) atoms. The highest BCUT2D eigenvalue weighted by atomic mass is 15.2. The highest BCUT2D eigenvalue weighted by Crippen LogP contribution is 2.22. The number of hydrogen-bond acceptors (Lipinski definition) is 3. The minimum Gasteiger partial charge on any atom is -0.375 e. The summed E-state index contributed by atoms with van der Waals surface area (Å²) in [6, 6.07) is 25.0. The predicted molar refractivity (Wildman–Crippen MR) is 162 cm³/mol. The number of rotatable bonds is 5. The third-order valence-corrected chi connectivity index (χ3v) is 5.88. The lowest BCUT2D eigenvalue weighted by Gasteiger charge is -2.19. The molecule has 0 aliphatic carbocycles. The predicted octanol–water partition coefficient (Wildman–Crippen LogP) is 8.78. The van der Waals surface area contributed by atoms with Crippen molar-refractivity contribution < 1.29 is 0 Å². The van der Waals surface area contributed by atoms with Gasteiger partial charge in [0.1, 0.15) is 0 Å². The van der Waals surface area contributed by atoms with Crippen LogP contribution in [0.15, 0.2) is 102 Å². The van der Waals surface area contributed by atoms with E-state index < -0.39 is 0 Å². The second kappa shape index (κ2) is 17.3. The highest BCUT2D eigenvalue weighted by molar-refractivity contribution is 6.09. The smallest absolute Gasteiger partial charge is 0.0718 e. The quantitative estimate of drug-likeness (QED) is 0.367. The minimum atomic E-state index is 0.103. The molecule has 1 aliphatic rings. The number of hydrogen-bond donors (Lipinski definition) is 1. The van der Waals surface area contributed by atoms with Gasteiger partial charge in [-0.1, -0.05) is 114 Å². The highest BCUT2D eigenvalue weighted by Gasteiger charge is 2.18. The lowest BCUT2D eigenvalue weighted by molar-refractivity contribution is 0.412. The Morgan fingerprint density at radius 2 is 1.58 bits per heavy atom. The maximum atomic E-state index is 5.88. The number of aliphatic imine (C=N–C) groups is 1. The molecule has 3 heteroatoms. The lowest BCUT2D eigenvalue weighted by atomic mass is 10.0. The van der Waals surface area contributed by atoms with Gasteiger partial charge in [-0.2, -0.15) is 0 Å². The second-order valence-electron chi connectivity index (χ2n) is 8.55. The molecule has 0 unspecified atom stereocenters. The van der Waals surface area contributed by atoms with Crippen molar-refractivity contribution in [3.63, 3.8) is 0 Å². The van der Waals surface area contributed by atoms with Crippen molar-refractivity contribution in [1.29, 1.82) is 0 Å². The molecular formula is C33H47N3. The number of benzene rings is 3. The van der Waals surface area contributed by atoms with Crippen LogP contribution in [0.3, 0.4) is 0 Å². The Kier molecular flexibility index (Phi) is 14.8. The maximum Gasteiger partial charge on any atom is 0.0718 e. The molecule has 3 aromatic carbocycles. The van der Waals surface area contributed by atoms with E-state index in [4.69, 9.17) is 5.73 Å². The summed E-state index contributed by atoms with van der Waals surface area (Å²) in [5.74, 6) is 0.792. The SMILES string of the molecule is C=CN=C(/C=C(\C)N1CC[C@H](C)C1)c1ccccc1.CC.CC.C[C@@H](N)c1cccc2ccccc12. The first-order valence-electron chi connectivity index (χ1n) is 13.4. The number of allylic oxidation sites excluding steroid dienone is 2. The summed E-state index contributed by atoms with van der Waals surface area (Å²) < 4.78 is 0. The van der Waals surface area contributed by atoms with E-state index in [0.717, 1.165) is 30.3 Å². The van der Waals surface area contributed by atoms with Gasteiger partial charge >= 0.3 is 0 Å². The number of fused-ring (bicyclic) bond motifs is 1. The van der Waals surface area contributed by atoms with Crippen molar-refractivity contribution in [3.05, 3.63) is 108 Å². The summed E-state index contributed by atoms with van der Waals surface area (Å²) in [5, 5.41) is 2.53. The average molecular weight is 486 g/mol. The Balaban J connectivity index is 0.000000332.